The molecule has 276 valence electrons. The van der Waals surface area contributed by atoms with Crippen LogP contribution >= 0.6 is 0 Å². The van der Waals surface area contributed by atoms with Crippen molar-refractivity contribution >= 4 is 10.8 Å². The first-order chi connectivity index (χ1) is 28.2. The van der Waals surface area contributed by atoms with E-state index in [2.05, 4.69) is 204 Å². The van der Waals surface area contributed by atoms with Crippen molar-refractivity contribution in [2.75, 3.05) is 0 Å². The van der Waals surface area contributed by atoms with Crippen LogP contribution in [0.5, 0.6) is 0 Å². The normalized spacial score (nSPS) is 14.1. The second-order valence-corrected chi connectivity index (χ2v) is 17.0. The molecule has 58 heavy (non-hydrogen) atoms. The van der Waals surface area contributed by atoms with Crippen LogP contribution in [0.15, 0.2) is 182 Å². The van der Waals surface area contributed by atoms with E-state index in [9.17, 15) is 0 Å². The summed E-state index contributed by atoms with van der Waals surface area (Å²) < 4.78 is 0. The smallest absolute Gasteiger partial charge is 0.160 e. The zero-order valence-electron chi connectivity index (χ0n) is 33.2. The minimum Gasteiger partial charge on any atom is -0.228 e. The molecule has 2 aliphatic carbocycles. The van der Waals surface area contributed by atoms with Gasteiger partial charge in [-0.1, -0.05) is 167 Å². The molecule has 2 aliphatic rings. The molecule has 0 aliphatic heterocycles. The van der Waals surface area contributed by atoms with E-state index in [1.54, 1.807) is 0 Å². The van der Waals surface area contributed by atoms with Crippen molar-refractivity contribution in [2.24, 2.45) is 0 Å². The number of nitrogens with zero attached hydrogens (tertiary/aromatic N) is 2. The third-order valence-corrected chi connectivity index (χ3v) is 12.9. The molecular formula is C56H42N2. The van der Waals surface area contributed by atoms with E-state index in [1.807, 2.05) is 6.07 Å². The van der Waals surface area contributed by atoms with Gasteiger partial charge in [-0.2, -0.15) is 0 Å². The SMILES string of the molecule is CC1(C)c2ccccc2-c2ccc(-c3cc(-c4cc(-c5ccccc5)nc(-c5ccccc5)n4)cc(-c4cccc5c4-c4cc6ccccc6cc4C5(C)C)c3)cc21. The lowest BCUT2D eigenvalue weighted by atomic mass is 9.81. The summed E-state index contributed by atoms with van der Waals surface area (Å²) in [7, 11) is 0. The molecular weight excluding hydrogens is 701 g/mol. The Bertz CT molecular complexity index is 3040. The Morgan fingerprint density at radius 3 is 1.64 bits per heavy atom. The monoisotopic (exact) mass is 742 g/mol. The van der Waals surface area contributed by atoms with E-state index < -0.39 is 0 Å². The highest BCUT2D eigenvalue weighted by Gasteiger charge is 2.38. The van der Waals surface area contributed by atoms with Gasteiger partial charge in [0.1, 0.15) is 0 Å². The summed E-state index contributed by atoms with van der Waals surface area (Å²) in [5, 5.41) is 2.54. The van der Waals surface area contributed by atoms with E-state index >= 15 is 0 Å². The van der Waals surface area contributed by atoms with Gasteiger partial charge >= 0.3 is 0 Å². The quantitative estimate of drug-likeness (QED) is 0.175. The Morgan fingerprint density at radius 1 is 0.310 bits per heavy atom. The van der Waals surface area contributed by atoms with Crippen molar-refractivity contribution < 1.29 is 0 Å². The van der Waals surface area contributed by atoms with Gasteiger partial charge < -0.3 is 0 Å². The number of hydrogen-bond donors (Lipinski definition) is 0. The van der Waals surface area contributed by atoms with Crippen molar-refractivity contribution in [1.29, 1.82) is 0 Å². The first kappa shape index (κ1) is 34.4. The molecule has 0 atom stereocenters. The number of rotatable bonds is 5. The number of hydrogen-bond acceptors (Lipinski definition) is 2. The van der Waals surface area contributed by atoms with Crippen LogP contribution in [0.25, 0.3) is 89.2 Å². The van der Waals surface area contributed by atoms with Crippen molar-refractivity contribution in [1.82, 2.24) is 9.97 Å². The molecule has 0 radical (unpaired) electrons. The summed E-state index contributed by atoms with van der Waals surface area (Å²) in [6.45, 7) is 9.46. The Balaban J connectivity index is 1.17. The second-order valence-electron chi connectivity index (χ2n) is 17.0. The maximum Gasteiger partial charge on any atom is 0.160 e. The zero-order chi connectivity index (χ0) is 39.2. The topological polar surface area (TPSA) is 25.8 Å². The van der Waals surface area contributed by atoms with Crippen LogP contribution in [-0.4, -0.2) is 9.97 Å². The van der Waals surface area contributed by atoms with Gasteiger partial charge in [0.25, 0.3) is 0 Å². The van der Waals surface area contributed by atoms with Crippen molar-refractivity contribution in [3.63, 3.8) is 0 Å². The Labute approximate surface area is 340 Å². The molecule has 1 heterocycles. The molecule has 0 N–H and O–H groups in total. The molecule has 11 rings (SSSR count). The van der Waals surface area contributed by atoms with E-state index in [-0.39, 0.29) is 10.8 Å². The third kappa shape index (κ3) is 5.32. The molecule has 0 bridgehead atoms. The Kier molecular flexibility index (Phi) is 7.59. The van der Waals surface area contributed by atoms with Crippen molar-refractivity contribution in [3.05, 3.63) is 204 Å². The molecule has 1 aromatic heterocycles. The predicted molar refractivity (Wildman–Crippen MR) is 242 cm³/mol. The summed E-state index contributed by atoms with van der Waals surface area (Å²) in [5.41, 5.74) is 20.2. The molecule has 2 heteroatoms. The fraction of sp³-hybridized carbons (Fsp3) is 0.107. The summed E-state index contributed by atoms with van der Waals surface area (Å²) >= 11 is 0. The number of benzene rings is 8. The van der Waals surface area contributed by atoms with Crippen LogP contribution in [0.3, 0.4) is 0 Å². The second kappa shape index (κ2) is 12.8. The molecule has 0 saturated heterocycles. The molecule has 0 unspecified atom stereocenters. The van der Waals surface area contributed by atoms with Gasteiger partial charge in [0.2, 0.25) is 0 Å². The van der Waals surface area contributed by atoms with Crippen molar-refractivity contribution in [3.8, 4) is 78.4 Å². The first-order valence-electron chi connectivity index (χ1n) is 20.3. The van der Waals surface area contributed by atoms with Gasteiger partial charge in [-0.25, -0.2) is 9.97 Å². The molecule has 2 nitrogen and oxygen atoms in total. The van der Waals surface area contributed by atoms with Gasteiger partial charge in [-0.05, 0) is 120 Å². The fourth-order valence-corrected chi connectivity index (χ4v) is 9.76. The van der Waals surface area contributed by atoms with E-state index in [0.717, 1.165) is 33.6 Å². The lowest BCUT2D eigenvalue weighted by Gasteiger charge is -2.22. The third-order valence-electron chi connectivity index (χ3n) is 12.9. The Morgan fingerprint density at radius 2 is 0.862 bits per heavy atom. The minimum atomic E-state index is -0.145. The summed E-state index contributed by atoms with van der Waals surface area (Å²) in [4.78, 5) is 10.5. The highest BCUT2D eigenvalue weighted by atomic mass is 14.9. The Hall–Kier alpha value is -6.90. The van der Waals surface area contributed by atoms with E-state index in [4.69, 9.17) is 9.97 Å². The lowest BCUT2D eigenvalue weighted by molar-refractivity contribution is 0.660. The lowest BCUT2D eigenvalue weighted by Crippen LogP contribution is -2.14. The number of fused-ring (bicyclic) bond motifs is 7. The molecule has 0 saturated carbocycles. The highest BCUT2D eigenvalue weighted by Crippen LogP contribution is 2.54. The van der Waals surface area contributed by atoms with Gasteiger partial charge in [-0.15, -0.1) is 0 Å². The first-order valence-corrected chi connectivity index (χ1v) is 20.3. The molecule has 0 spiro atoms. The summed E-state index contributed by atoms with van der Waals surface area (Å²) in [5.74, 6) is 0.712. The standard InChI is InChI=1S/C56H42N2/c1-55(2)47-24-14-13-22-44(47)45-27-26-39(33-49(45)55)40-28-41(43-23-15-25-48-53(43)46-31-37-20-11-12-21-38(37)32-50(46)56(48,3)4)30-42(29-40)52-34-51(35-16-7-5-8-17-35)57-54(58-52)36-18-9-6-10-19-36/h5-34H,1-4H3. The zero-order valence-corrected chi connectivity index (χ0v) is 33.2. The molecule has 0 fully saturated rings. The van der Waals surface area contributed by atoms with Crippen LogP contribution in [0.1, 0.15) is 49.9 Å². The van der Waals surface area contributed by atoms with Crippen molar-refractivity contribution in [2.45, 2.75) is 38.5 Å². The minimum absolute atomic E-state index is 0.109. The van der Waals surface area contributed by atoms with Crippen LogP contribution in [0.4, 0.5) is 0 Å². The van der Waals surface area contributed by atoms with Crippen LogP contribution in [0, 0.1) is 0 Å². The predicted octanol–water partition coefficient (Wildman–Crippen LogP) is 14.6. The maximum atomic E-state index is 5.33. The molecule has 0 amide bonds. The van der Waals surface area contributed by atoms with Gasteiger partial charge in [0.05, 0.1) is 11.4 Å². The van der Waals surface area contributed by atoms with Crippen LogP contribution in [-0.2, 0) is 10.8 Å². The summed E-state index contributed by atoms with van der Waals surface area (Å²) in [6, 6.07) is 66.5. The fourth-order valence-electron chi connectivity index (χ4n) is 9.76. The largest absolute Gasteiger partial charge is 0.228 e. The van der Waals surface area contributed by atoms with E-state index in [0.29, 0.717) is 5.82 Å². The number of aromatic nitrogens is 2. The average molecular weight is 743 g/mol. The van der Waals surface area contributed by atoms with Gasteiger partial charge in [0.15, 0.2) is 5.82 Å². The summed E-state index contributed by atoms with van der Waals surface area (Å²) in [6.07, 6.45) is 0. The van der Waals surface area contributed by atoms with Gasteiger partial charge in [0, 0.05) is 27.5 Å². The van der Waals surface area contributed by atoms with Gasteiger partial charge in [-0.3, -0.25) is 0 Å². The van der Waals surface area contributed by atoms with Crippen LogP contribution in [0.2, 0.25) is 0 Å². The maximum absolute atomic E-state index is 5.33. The van der Waals surface area contributed by atoms with Crippen LogP contribution < -0.4 is 0 Å². The molecule has 8 aromatic carbocycles. The van der Waals surface area contributed by atoms with E-state index in [1.165, 1.54) is 72.0 Å². The highest BCUT2D eigenvalue weighted by molar-refractivity contribution is 5.99. The molecule has 9 aromatic rings. The average Bonchev–Trinajstić information content (AvgIpc) is 3.64.